The number of imide groups is 1. The quantitative estimate of drug-likeness (QED) is 0.724. The molecule has 0 saturated carbocycles. The van der Waals surface area contributed by atoms with E-state index in [4.69, 9.17) is 0 Å². The second-order valence-corrected chi connectivity index (χ2v) is 10.1. The van der Waals surface area contributed by atoms with Gasteiger partial charge in [-0.3, -0.25) is 9.69 Å². The van der Waals surface area contributed by atoms with E-state index in [1.165, 1.54) is 9.21 Å². The molecule has 9 heteroatoms. The third-order valence-electron chi connectivity index (χ3n) is 6.31. The topological polar surface area (TPSA) is 90.0 Å². The summed E-state index contributed by atoms with van der Waals surface area (Å²) in [6.07, 6.45) is 2.73. The van der Waals surface area contributed by atoms with E-state index in [2.05, 4.69) is 17.1 Å². The Morgan fingerprint density at radius 1 is 1.10 bits per heavy atom. The van der Waals surface area contributed by atoms with Crippen molar-refractivity contribution in [2.45, 2.75) is 49.1 Å². The molecule has 1 spiro atoms. The lowest BCUT2D eigenvalue weighted by Crippen LogP contribution is -2.55. The summed E-state index contributed by atoms with van der Waals surface area (Å²) < 4.78 is 27.1. The minimum absolute atomic E-state index is 0.147. The Kier molecular flexibility index (Phi) is 5.39. The molecule has 0 unspecified atom stereocenters. The predicted octanol–water partition coefficient (Wildman–Crippen LogP) is 1.25. The van der Waals surface area contributed by atoms with Gasteiger partial charge in [-0.15, -0.1) is 0 Å². The molecule has 0 bridgehead atoms. The molecule has 3 aliphatic heterocycles. The smallest absolute Gasteiger partial charge is 0.323 e. The number of nitrogens with one attached hydrogen (secondary N) is 1. The first kappa shape index (κ1) is 20.3. The highest BCUT2D eigenvalue weighted by molar-refractivity contribution is 7.89. The van der Waals surface area contributed by atoms with Crippen LogP contribution in [0.4, 0.5) is 4.79 Å². The van der Waals surface area contributed by atoms with E-state index < -0.39 is 21.6 Å². The van der Waals surface area contributed by atoms with Gasteiger partial charge in [0.1, 0.15) is 5.54 Å². The van der Waals surface area contributed by atoms with Gasteiger partial charge in [-0.05, 0) is 44.4 Å². The largest absolute Gasteiger partial charge is 0.325 e. The third kappa shape index (κ3) is 3.55. The SMILES string of the molecule is CCCN1CCC2(CC1)NC(=O)N([C@H]1CCN(S(=O)(=O)c3ccccc3)C1)C2=O. The molecule has 1 aromatic rings. The Morgan fingerprint density at radius 2 is 1.79 bits per heavy atom. The predicted molar refractivity (Wildman–Crippen MR) is 108 cm³/mol. The standard InChI is InChI=1S/C20H28N4O4S/c1-2-11-22-13-9-20(10-14-22)18(25)24(19(26)21-20)16-8-12-23(15-16)29(27,28)17-6-4-3-5-7-17/h3-7,16H,2,8-15H2,1H3,(H,21,26)/t16-/m0/s1. The lowest BCUT2D eigenvalue weighted by atomic mass is 9.87. The van der Waals surface area contributed by atoms with Crippen molar-refractivity contribution in [1.82, 2.24) is 19.4 Å². The van der Waals surface area contributed by atoms with E-state index in [-0.39, 0.29) is 23.4 Å². The lowest BCUT2D eigenvalue weighted by molar-refractivity contribution is -0.134. The number of amides is 3. The number of urea groups is 1. The molecule has 158 valence electrons. The number of hydrogen-bond donors (Lipinski definition) is 1. The fraction of sp³-hybridized carbons (Fsp3) is 0.600. The molecule has 3 heterocycles. The summed E-state index contributed by atoms with van der Waals surface area (Å²) in [6, 6.07) is 7.46. The van der Waals surface area contributed by atoms with Crippen molar-refractivity contribution in [2.24, 2.45) is 0 Å². The van der Waals surface area contributed by atoms with Gasteiger partial charge in [0.05, 0.1) is 10.9 Å². The number of likely N-dealkylation sites (tertiary alicyclic amines) is 1. The van der Waals surface area contributed by atoms with Crippen LogP contribution >= 0.6 is 0 Å². The number of carbonyl (C=O) groups excluding carboxylic acids is 2. The molecule has 3 saturated heterocycles. The van der Waals surface area contributed by atoms with Gasteiger partial charge in [0.15, 0.2) is 0 Å². The maximum Gasteiger partial charge on any atom is 0.325 e. The zero-order chi connectivity index (χ0) is 20.6. The van der Waals surface area contributed by atoms with E-state index in [1.807, 2.05) is 0 Å². The van der Waals surface area contributed by atoms with E-state index in [1.54, 1.807) is 30.3 Å². The van der Waals surface area contributed by atoms with Gasteiger partial charge >= 0.3 is 6.03 Å². The van der Waals surface area contributed by atoms with Crippen LogP contribution in [-0.4, -0.2) is 78.8 Å². The van der Waals surface area contributed by atoms with Gasteiger partial charge in [-0.25, -0.2) is 13.2 Å². The molecule has 4 rings (SSSR count). The van der Waals surface area contributed by atoms with Gasteiger partial charge < -0.3 is 10.2 Å². The minimum Gasteiger partial charge on any atom is -0.323 e. The summed E-state index contributed by atoms with van der Waals surface area (Å²) in [6.45, 7) is 5.14. The fourth-order valence-corrected chi connectivity index (χ4v) is 6.18. The molecule has 1 atom stereocenters. The van der Waals surface area contributed by atoms with Gasteiger partial charge in [0.25, 0.3) is 5.91 Å². The van der Waals surface area contributed by atoms with Crippen molar-refractivity contribution >= 4 is 22.0 Å². The van der Waals surface area contributed by atoms with Gasteiger partial charge in [-0.1, -0.05) is 25.1 Å². The first-order chi connectivity index (χ1) is 13.9. The van der Waals surface area contributed by atoms with Gasteiger partial charge in [-0.2, -0.15) is 4.31 Å². The second-order valence-electron chi connectivity index (χ2n) is 8.15. The van der Waals surface area contributed by atoms with Crippen molar-refractivity contribution in [3.05, 3.63) is 30.3 Å². The molecular weight excluding hydrogens is 392 g/mol. The third-order valence-corrected chi connectivity index (χ3v) is 8.19. The molecule has 8 nitrogen and oxygen atoms in total. The fourth-order valence-electron chi connectivity index (χ4n) is 4.67. The zero-order valence-electron chi connectivity index (χ0n) is 16.7. The molecule has 3 amide bonds. The second kappa shape index (κ2) is 7.70. The molecule has 3 aliphatic rings. The van der Waals surface area contributed by atoms with E-state index in [0.29, 0.717) is 25.8 Å². The van der Waals surface area contributed by atoms with Gasteiger partial charge in [0.2, 0.25) is 10.0 Å². The van der Waals surface area contributed by atoms with Crippen molar-refractivity contribution < 1.29 is 18.0 Å². The number of carbonyl (C=O) groups is 2. The monoisotopic (exact) mass is 420 g/mol. The first-order valence-corrected chi connectivity index (χ1v) is 11.7. The Hall–Kier alpha value is -1.97. The molecular formula is C20H28N4O4S. The highest BCUT2D eigenvalue weighted by Crippen LogP contribution is 2.33. The van der Waals surface area contributed by atoms with Crippen LogP contribution in [0.15, 0.2) is 35.2 Å². The summed E-state index contributed by atoms with van der Waals surface area (Å²) in [5, 5.41) is 2.94. The minimum atomic E-state index is -3.63. The van der Waals surface area contributed by atoms with Crippen LogP contribution in [-0.2, 0) is 14.8 Å². The summed E-state index contributed by atoms with van der Waals surface area (Å²) in [5.74, 6) is -0.192. The Morgan fingerprint density at radius 3 is 2.45 bits per heavy atom. The Labute approximate surface area is 171 Å². The van der Waals surface area contributed by atoms with Crippen LogP contribution in [0.25, 0.3) is 0 Å². The number of nitrogens with zero attached hydrogens (tertiary/aromatic N) is 3. The number of hydrogen-bond acceptors (Lipinski definition) is 5. The highest BCUT2D eigenvalue weighted by Gasteiger charge is 2.55. The maximum atomic E-state index is 13.2. The Balaban J connectivity index is 1.46. The zero-order valence-corrected chi connectivity index (χ0v) is 17.5. The summed E-state index contributed by atoms with van der Waals surface area (Å²) >= 11 is 0. The first-order valence-electron chi connectivity index (χ1n) is 10.3. The average Bonchev–Trinajstić information content (AvgIpc) is 3.29. The molecule has 0 aromatic heterocycles. The van der Waals surface area contributed by atoms with E-state index in [0.717, 1.165) is 26.1 Å². The number of sulfonamides is 1. The van der Waals surface area contributed by atoms with E-state index >= 15 is 0 Å². The summed E-state index contributed by atoms with van der Waals surface area (Å²) in [5.41, 5.74) is -0.826. The maximum absolute atomic E-state index is 13.2. The molecule has 3 fully saturated rings. The van der Waals surface area contributed by atoms with Crippen LogP contribution in [0.2, 0.25) is 0 Å². The lowest BCUT2D eigenvalue weighted by Gasteiger charge is -2.37. The van der Waals surface area contributed by atoms with Gasteiger partial charge in [0, 0.05) is 26.2 Å². The van der Waals surface area contributed by atoms with Crippen LogP contribution in [0, 0.1) is 0 Å². The summed E-state index contributed by atoms with van der Waals surface area (Å²) in [7, 11) is -3.63. The summed E-state index contributed by atoms with van der Waals surface area (Å²) in [4.78, 5) is 29.8. The van der Waals surface area contributed by atoms with Crippen molar-refractivity contribution in [3.63, 3.8) is 0 Å². The molecule has 0 radical (unpaired) electrons. The Bertz CT molecular complexity index is 881. The average molecular weight is 421 g/mol. The molecule has 29 heavy (non-hydrogen) atoms. The van der Waals surface area contributed by atoms with Crippen LogP contribution in [0.1, 0.15) is 32.6 Å². The van der Waals surface area contributed by atoms with Crippen LogP contribution in [0.3, 0.4) is 0 Å². The van der Waals surface area contributed by atoms with Crippen LogP contribution in [0.5, 0.6) is 0 Å². The normalized spacial score (nSPS) is 25.7. The van der Waals surface area contributed by atoms with E-state index in [9.17, 15) is 18.0 Å². The highest BCUT2D eigenvalue weighted by atomic mass is 32.2. The molecule has 1 aromatic carbocycles. The van der Waals surface area contributed by atoms with Crippen molar-refractivity contribution in [3.8, 4) is 0 Å². The molecule has 1 N–H and O–H groups in total. The number of rotatable bonds is 5. The molecule has 0 aliphatic carbocycles. The van der Waals surface area contributed by atoms with Crippen LogP contribution < -0.4 is 5.32 Å². The number of benzene rings is 1. The van der Waals surface area contributed by atoms with Crippen molar-refractivity contribution in [1.29, 1.82) is 0 Å². The number of piperidine rings is 1. The van der Waals surface area contributed by atoms with Crippen molar-refractivity contribution in [2.75, 3.05) is 32.7 Å².